The summed E-state index contributed by atoms with van der Waals surface area (Å²) in [6.45, 7) is 10.4. The van der Waals surface area contributed by atoms with E-state index in [1.807, 2.05) is 6.92 Å². The predicted molar refractivity (Wildman–Crippen MR) is 75.2 cm³/mol. The molecule has 2 atom stereocenters. The first-order chi connectivity index (χ1) is 8.49. The lowest BCUT2D eigenvalue weighted by atomic mass is 9.99. The third-order valence-electron chi connectivity index (χ3n) is 3.73. The van der Waals surface area contributed by atoms with Gasteiger partial charge in [0, 0.05) is 13.5 Å². The van der Waals surface area contributed by atoms with Gasteiger partial charge < -0.3 is 0 Å². The van der Waals surface area contributed by atoms with Crippen LogP contribution in [0.4, 0.5) is 0 Å². The molecule has 0 amide bonds. The molecule has 0 radical (unpaired) electrons. The van der Waals surface area contributed by atoms with Crippen LogP contribution in [0.3, 0.4) is 0 Å². The summed E-state index contributed by atoms with van der Waals surface area (Å²) in [6.07, 6.45) is 2.61. The van der Waals surface area contributed by atoms with Gasteiger partial charge in [-0.2, -0.15) is 0 Å². The Labute approximate surface area is 113 Å². The number of hydrogen-bond donors (Lipinski definition) is 0. The first-order valence-electron chi connectivity index (χ1n) is 6.71. The molecule has 0 bridgehead atoms. The molecule has 0 N–H and O–H groups in total. The normalized spacial score (nSPS) is 23.0. The number of likely N-dealkylation sites (tertiary alicyclic amines) is 1. The molecule has 4 heteroatoms. The van der Waals surface area contributed by atoms with Gasteiger partial charge in [0.05, 0.1) is 16.6 Å². The number of carbonyl (C=O) groups is 1. The number of aromatic nitrogens is 1. The van der Waals surface area contributed by atoms with Crippen molar-refractivity contribution in [3.05, 3.63) is 15.6 Å². The zero-order valence-electron chi connectivity index (χ0n) is 11.7. The van der Waals surface area contributed by atoms with Crippen molar-refractivity contribution < 1.29 is 4.79 Å². The molecule has 0 aromatic carbocycles. The first-order valence-corrected chi connectivity index (χ1v) is 7.53. The lowest BCUT2D eigenvalue weighted by Crippen LogP contribution is -2.36. The number of nitrogens with zero attached hydrogens (tertiary/aromatic N) is 2. The van der Waals surface area contributed by atoms with E-state index < -0.39 is 0 Å². The van der Waals surface area contributed by atoms with Crippen LogP contribution >= 0.6 is 11.3 Å². The smallest absolute Gasteiger partial charge is 0.171 e. The van der Waals surface area contributed by atoms with E-state index in [-0.39, 0.29) is 5.78 Å². The van der Waals surface area contributed by atoms with E-state index in [4.69, 9.17) is 0 Å². The summed E-state index contributed by atoms with van der Waals surface area (Å²) in [7, 11) is 0. The largest absolute Gasteiger partial charge is 0.294 e. The fourth-order valence-corrected chi connectivity index (χ4v) is 3.70. The van der Waals surface area contributed by atoms with E-state index in [0.29, 0.717) is 6.04 Å². The van der Waals surface area contributed by atoms with Crippen molar-refractivity contribution >= 4 is 17.1 Å². The van der Waals surface area contributed by atoms with Crippen molar-refractivity contribution in [1.82, 2.24) is 9.88 Å². The molecule has 0 spiro atoms. The molecular weight excluding hydrogens is 244 g/mol. The fourth-order valence-electron chi connectivity index (χ4n) is 2.66. The number of rotatable bonds is 3. The standard InChI is InChI=1S/C14H22N2OS/c1-9-6-5-7-16(8-9)11(3)14-15-10(2)13(18-14)12(4)17/h9,11H,5-8H2,1-4H3. The van der Waals surface area contributed by atoms with Crippen LogP contribution in [0, 0.1) is 12.8 Å². The molecule has 0 aliphatic carbocycles. The maximum Gasteiger partial charge on any atom is 0.171 e. The highest BCUT2D eigenvalue weighted by atomic mass is 32.1. The predicted octanol–water partition coefficient (Wildman–Crippen LogP) is 3.45. The molecule has 1 fully saturated rings. The quantitative estimate of drug-likeness (QED) is 0.786. The molecule has 2 rings (SSSR count). The average molecular weight is 266 g/mol. The van der Waals surface area contributed by atoms with Crippen LogP contribution in [0.1, 0.15) is 60.0 Å². The number of thiazole rings is 1. The molecule has 1 aromatic heterocycles. The maximum atomic E-state index is 11.5. The Morgan fingerprint density at radius 3 is 2.83 bits per heavy atom. The van der Waals surface area contributed by atoms with Gasteiger partial charge in [-0.15, -0.1) is 11.3 Å². The van der Waals surface area contributed by atoms with Crippen LogP contribution in [0.15, 0.2) is 0 Å². The molecule has 1 aliphatic rings. The lowest BCUT2D eigenvalue weighted by molar-refractivity contribution is 0.102. The van der Waals surface area contributed by atoms with Gasteiger partial charge in [-0.05, 0) is 39.2 Å². The number of piperidine rings is 1. The van der Waals surface area contributed by atoms with Crippen molar-refractivity contribution in [2.24, 2.45) is 5.92 Å². The summed E-state index contributed by atoms with van der Waals surface area (Å²) in [5, 5.41) is 1.09. The summed E-state index contributed by atoms with van der Waals surface area (Å²) >= 11 is 1.57. The second-order valence-corrected chi connectivity index (χ2v) is 6.47. The van der Waals surface area contributed by atoms with E-state index >= 15 is 0 Å². The van der Waals surface area contributed by atoms with E-state index in [2.05, 4.69) is 23.7 Å². The summed E-state index contributed by atoms with van der Waals surface area (Å²) in [4.78, 5) is 19.4. The van der Waals surface area contributed by atoms with Crippen LogP contribution in [-0.4, -0.2) is 28.8 Å². The molecule has 0 saturated carbocycles. The number of ketones is 1. The molecule has 100 valence electrons. The Hall–Kier alpha value is -0.740. The highest BCUT2D eigenvalue weighted by Crippen LogP contribution is 2.30. The monoisotopic (exact) mass is 266 g/mol. The van der Waals surface area contributed by atoms with Crippen molar-refractivity contribution in [2.45, 2.75) is 46.6 Å². The summed E-state index contributed by atoms with van der Waals surface area (Å²) in [5.41, 5.74) is 0.888. The molecule has 2 heterocycles. The van der Waals surface area contributed by atoms with Crippen molar-refractivity contribution in [1.29, 1.82) is 0 Å². The minimum atomic E-state index is 0.135. The second kappa shape index (κ2) is 5.49. The minimum Gasteiger partial charge on any atom is -0.294 e. The van der Waals surface area contributed by atoms with Crippen molar-refractivity contribution in [3.63, 3.8) is 0 Å². The third-order valence-corrected chi connectivity index (χ3v) is 5.15. The van der Waals surface area contributed by atoms with E-state index in [1.165, 1.54) is 12.8 Å². The van der Waals surface area contributed by atoms with Crippen LogP contribution in [0.5, 0.6) is 0 Å². The Kier molecular flexibility index (Phi) is 4.17. The van der Waals surface area contributed by atoms with E-state index in [0.717, 1.165) is 34.6 Å². The zero-order chi connectivity index (χ0) is 13.3. The van der Waals surface area contributed by atoms with Crippen molar-refractivity contribution in [2.75, 3.05) is 13.1 Å². The zero-order valence-corrected chi connectivity index (χ0v) is 12.5. The van der Waals surface area contributed by atoms with Crippen LogP contribution in [-0.2, 0) is 0 Å². The topological polar surface area (TPSA) is 33.2 Å². The minimum absolute atomic E-state index is 0.135. The molecule has 18 heavy (non-hydrogen) atoms. The summed E-state index contributed by atoms with van der Waals surface area (Å²) in [5.74, 6) is 0.907. The Balaban J connectivity index is 2.15. The van der Waals surface area contributed by atoms with E-state index in [1.54, 1.807) is 18.3 Å². The van der Waals surface area contributed by atoms with Gasteiger partial charge in [0.25, 0.3) is 0 Å². The average Bonchev–Trinajstić information content (AvgIpc) is 2.70. The fraction of sp³-hybridized carbons (Fsp3) is 0.714. The molecular formula is C14H22N2OS. The van der Waals surface area contributed by atoms with Crippen molar-refractivity contribution in [3.8, 4) is 0 Å². The number of hydrogen-bond acceptors (Lipinski definition) is 4. The lowest BCUT2D eigenvalue weighted by Gasteiger charge is -2.34. The summed E-state index contributed by atoms with van der Waals surface area (Å²) in [6, 6.07) is 0.338. The van der Waals surface area contributed by atoms with Gasteiger partial charge in [0.1, 0.15) is 5.01 Å². The van der Waals surface area contributed by atoms with Gasteiger partial charge in [-0.25, -0.2) is 4.98 Å². The third kappa shape index (κ3) is 2.81. The Morgan fingerprint density at radius 1 is 1.56 bits per heavy atom. The van der Waals surface area contributed by atoms with Gasteiger partial charge in [0.15, 0.2) is 5.78 Å². The summed E-state index contributed by atoms with van der Waals surface area (Å²) < 4.78 is 0. The highest BCUT2D eigenvalue weighted by molar-refractivity contribution is 7.13. The maximum absolute atomic E-state index is 11.5. The highest BCUT2D eigenvalue weighted by Gasteiger charge is 2.25. The molecule has 2 unspecified atom stereocenters. The number of carbonyl (C=O) groups excluding carboxylic acids is 1. The Bertz CT molecular complexity index is 441. The molecule has 1 saturated heterocycles. The first kappa shape index (κ1) is 13.7. The second-order valence-electron chi connectivity index (χ2n) is 5.44. The SMILES string of the molecule is CC(=O)c1sc(C(C)N2CCCC(C)C2)nc1C. The van der Waals surface area contributed by atoms with Crippen LogP contribution in [0.2, 0.25) is 0 Å². The van der Waals surface area contributed by atoms with Gasteiger partial charge in [-0.1, -0.05) is 6.92 Å². The van der Waals surface area contributed by atoms with Crippen LogP contribution < -0.4 is 0 Å². The number of aryl methyl sites for hydroxylation is 1. The van der Waals surface area contributed by atoms with E-state index in [9.17, 15) is 4.79 Å². The molecule has 1 aliphatic heterocycles. The van der Waals surface area contributed by atoms with Gasteiger partial charge in [-0.3, -0.25) is 9.69 Å². The number of Topliss-reactive ketones (excluding diaryl/α,β-unsaturated/α-hetero) is 1. The molecule has 1 aromatic rings. The Morgan fingerprint density at radius 2 is 2.28 bits per heavy atom. The van der Waals surface area contributed by atoms with Gasteiger partial charge >= 0.3 is 0 Å². The van der Waals surface area contributed by atoms with Gasteiger partial charge in [0.2, 0.25) is 0 Å². The molecule has 3 nitrogen and oxygen atoms in total. The van der Waals surface area contributed by atoms with Crippen LogP contribution in [0.25, 0.3) is 0 Å².